The minimum atomic E-state index is 0.616. The Bertz CT molecular complexity index is 3190. The highest BCUT2D eigenvalue weighted by atomic mass is 16.3. The van der Waals surface area contributed by atoms with E-state index in [0.29, 0.717) is 17.5 Å². The number of rotatable bonds is 5. The summed E-state index contributed by atoms with van der Waals surface area (Å²) in [5.41, 5.74) is 9.41. The lowest BCUT2D eigenvalue weighted by Gasteiger charge is -2.14. The number of hydrogen-bond donors (Lipinski definition) is 0. The van der Waals surface area contributed by atoms with Crippen LogP contribution < -0.4 is 0 Å². The molecule has 3 heterocycles. The van der Waals surface area contributed by atoms with Crippen molar-refractivity contribution in [1.82, 2.24) is 19.9 Å². The van der Waals surface area contributed by atoms with Gasteiger partial charge in [0.15, 0.2) is 17.5 Å². The fraction of sp³-hybridized carbons (Fsp3) is 0. The van der Waals surface area contributed by atoms with Crippen LogP contribution in [-0.4, -0.2) is 19.9 Å². The maximum Gasteiger partial charge on any atom is 0.164 e. The number of para-hydroxylation sites is 1. The molecule has 0 amide bonds. The third-order valence-electron chi connectivity index (χ3n) is 10.5. The number of nitrogens with zero attached hydrogens (tertiary/aromatic N) is 4. The van der Waals surface area contributed by atoms with E-state index in [9.17, 15) is 0 Å². The molecule has 0 radical (unpaired) electrons. The second kappa shape index (κ2) is 12.6. The first-order valence-corrected chi connectivity index (χ1v) is 18.4. The zero-order valence-electron chi connectivity index (χ0n) is 29.5. The van der Waals surface area contributed by atoms with Crippen LogP contribution in [0.4, 0.5) is 0 Å². The summed E-state index contributed by atoms with van der Waals surface area (Å²) in [5, 5.41) is 7.81. The van der Waals surface area contributed by atoms with Gasteiger partial charge in [0.2, 0.25) is 0 Å². The van der Waals surface area contributed by atoms with Crippen molar-refractivity contribution < 1.29 is 4.42 Å². The van der Waals surface area contributed by atoms with Gasteiger partial charge in [-0.3, -0.25) is 0 Å². The van der Waals surface area contributed by atoms with Gasteiger partial charge in [0.05, 0.1) is 22.0 Å². The molecule has 3 aromatic heterocycles. The molecule has 0 bridgehead atoms. The summed E-state index contributed by atoms with van der Waals surface area (Å²) in [7, 11) is 0. The maximum absolute atomic E-state index is 6.83. The average molecular weight is 703 g/mol. The molecule has 5 heteroatoms. The zero-order valence-corrected chi connectivity index (χ0v) is 29.5. The summed E-state index contributed by atoms with van der Waals surface area (Å²) >= 11 is 0. The summed E-state index contributed by atoms with van der Waals surface area (Å²) in [5.74, 6) is 1.89. The number of aromatic nitrogens is 4. The van der Waals surface area contributed by atoms with Gasteiger partial charge >= 0.3 is 0 Å². The number of fused-ring (bicyclic) bond motifs is 8. The Morgan fingerprint density at radius 3 is 1.58 bits per heavy atom. The molecule has 0 aliphatic carbocycles. The van der Waals surface area contributed by atoms with Crippen molar-refractivity contribution in [2.24, 2.45) is 0 Å². The van der Waals surface area contributed by atoms with E-state index in [0.717, 1.165) is 77.3 Å². The highest BCUT2D eigenvalue weighted by Gasteiger charge is 2.22. The molecule has 0 spiro atoms. The molecule has 11 rings (SSSR count). The molecule has 55 heavy (non-hydrogen) atoms. The van der Waals surface area contributed by atoms with Crippen LogP contribution in [-0.2, 0) is 0 Å². The van der Waals surface area contributed by atoms with Gasteiger partial charge in [0.25, 0.3) is 0 Å². The van der Waals surface area contributed by atoms with Crippen LogP contribution >= 0.6 is 0 Å². The average Bonchev–Trinajstić information content (AvgIpc) is 3.66. The van der Waals surface area contributed by atoms with Gasteiger partial charge < -0.3 is 4.42 Å². The van der Waals surface area contributed by atoms with Crippen molar-refractivity contribution in [2.45, 2.75) is 0 Å². The lowest BCUT2D eigenvalue weighted by Crippen LogP contribution is -2.00. The van der Waals surface area contributed by atoms with Crippen LogP contribution in [0.25, 0.3) is 111 Å². The normalized spacial score (nSPS) is 11.6. The fourth-order valence-corrected chi connectivity index (χ4v) is 7.93. The van der Waals surface area contributed by atoms with Crippen LogP contribution in [0.5, 0.6) is 0 Å². The highest BCUT2D eigenvalue weighted by molar-refractivity contribution is 6.25. The molecule has 5 nitrogen and oxygen atoms in total. The summed E-state index contributed by atoms with van der Waals surface area (Å²) < 4.78 is 6.83. The van der Waals surface area contributed by atoms with Gasteiger partial charge in [-0.25, -0.2) is 19.9 Å². The molecule has 0 aliphatic heterocycles. The van der Waals surface area contributed by atoms with Gasteiger partial charge in [-0.2, -0.15) is 0 Å². The van der Waals surface area contributed by atoms with Gasteiger partial charge in [-0.1, -0.05) is 164 Å². The van der Waals surface area contributed by atoms with E-state index < -0.39 is 0 Å². The van der Waals surface area contributed by atoms with E-state index in [2.05, 4.69) is 109 Å². The molecule has 0 unspecified atom stereocenters. The Morgan fingerprint density at radius 2 is 0.891 bits per heavy atom. The quantitative estimate of drug-likeness (QED) is 0.167. The molecule has 0 atom stereocenters. The number of furan rings is 1. The van der Waals surface area contributed by atoms with Gasteiger partial charge in [-0.05, 0) is 50.9 Å². The van der Waals surface area contributed by atoms with Crippen LogP contribution in [0.3, 0.4) is 0 Å². The van der Waals surface area contributed by atoms with Crippen LogP contribution in [0.2, 0.25) is 0 Å². The molecule has 0 saturated heterocycles. The third-order valence-corrected chi connectivity index (χ3v) is 10.5. The second-order valence-corrected chi connectivity index (χ2v) is 13.8. The van der Waals surface area contributed by atoms with Gasteiger partial charge in [0.1, 0.15) is 11.2 Å². The van der Waals surface area contributed by atoms with Crippen LogP contribution in [0, 0.1) is 0 Å². The van der Waals surface area contributed by atoms with Crippen molar-refractivity contribution in [2.75, 3.05) is 0 Å². The summed E-state index contributed by atoms with van der Waals surface area (Å²) in [6.45, 7) is 0. The minimum Gasteiger partial charge on any atom is -0.455 e. The van der Waals surface area contributed by atoms with E-state index in [-0.39, 0.29) is 0 Å². The zero-order chi connectivity index (χ0) is 36.3. The van der Waals surface area contributed by atoms with Crippen LogP contribution in [0.15, 0.2) is 186 Å². The SMILES string of the molecule is c1ccc(-c2nc(-c3ccccc3)nc(-c3ccc(-c4cccc5nc(-c6cc7ccccc7c7ccccc67)c6c7ccccc7oc6c45)cc3)n2)cc1. The summed E-state index contributed by atoms with van der Waals surface area (Å²) in [6, 6.07) is 62.6. The standard InChI is InChI=1S/C50H30N4O/c1-3-14-32(15-4-1)48-52-49(33-16-5-2-6-17-33)54-50(53-48)34-28-26-31(27-29-34)37-23-13-24-42-44(37)47-45(40-22-11-12-25-43(40)55-47)46(51-42)41-30-35-18-7-8-19-36(35)38-20-9-10-21-39(38)41/h1-30H. The summed E-state index contributed by atoms with van der Waals surface area (Å²) in [4.78, 5) is 20.3. The van der Waals surface area contributed by atoms with E-state index >= 15 is 0 Å². The van der Waals surface area contributed by atoms with E-state index in [1.165, 1.54) is 16.2 Å². The lowest BCUT2D eigenvalue weighted by molar-refractivity contribution is 0.672. The smallest absolute Gasteiger partial charge is 0.164 e. The predicted octanol–water partition coefficient (Wildman–Crippen LogP) is 13.0. The second-order valence-electron chi connectivity index (χ2n) is 13.8. The first kappa shape index (κ1) is 31.1. The molecule has 11 aromatic rings. The number of benzene rings is 8. The molecule has 8 aromatic carbocycles. The predicted molar refractivity (Wildman–Crippen MR) is 225 cm³/mol. The fourth-order valence-electron chi connectivity index (χ4n) is 7.93. The molecule has 0 aliphatic rings. The molecule has 256 valence electrons. The van der Waals surface area contributed by atoms with E-state index in [1.807, 2.05) is 72.8 Å². The highest BCUT2D eigenvalue weighted by Crippen LogP contribution is 2.45. The molecule has 0 N–H and O–H groups in total. The molecular weight excluding hydrogens is 673 g/mol. The van der Waals surface area contributed by atoms with Crippen molar-refractivity contribution in [3.63, 3.8) is 0 Å². The number of hydrogen-bond acceptors (Lipinski definition) is 5. The first-order chi connectivity index (χ1) is 27.3. The summed E-state index contributed by atoms with van der Waals surface area (Å²) in [6.07, 6.45) is 0. The van der Waals surface area contributed by atoms with Gasteiger partial charge in [-0.15, -0.1) is 0 Å². The Kier molecular flexibility index (Phi) is 7.10. The monoisotopic (exact) mass is 702 g/mol. The molecular formula is C50H30N4O. The van der Waals surface area contributed by atoms with Crippen molar-refractivity contribution in [3.05, 3.63) is 182 Å². The van der Waals surface area contributed by atoms with E-state index in [1.54, 1.807) is 0 Å². The van der Waals surface area contributed by atoms with Crippen molar-refractivity contribution in [3.8, 4) is 56.5 Å². The van der Waals surface area contributed by atoms with Crippen LogP contribution in [0.1, 0.15) is 0 Å². The van der Waals surface area contributed by atoms with Gasteiger partial charge in [0, 0.05) is 27.6 Å². The van der Waals surface area contributed by atoms with Crippen molar-refractivity contribution >= 4 is 54.4 Å². The Balaban J connectivity index is 1.10. The number of pyridine rings is 1. The van der Waals surface area contributed by atoms with Crippen molar-refractivity contribution in [1.29, 1.82) is 0 Å². The first-order valence-electron chi connectivity index (χ1n) is 18.4. The topological polar surface area (TPSA) is 64.7 Å². The Hall–Kier alpha value is -7.50. The minimum absolute atomic E-state index is 0.616. The lowest BCUT2D eigenvalue weighted by atomic mass is 9.92. The third kappa shape index (κ3) is 5.17. The molecule has 0 saturated carbocycles. The van der Waals surface area contributed by atoms with E-state index in [4.69, 9.17) is 24.4 Å². The maximum atomic E-state index is 6.83. The largest absolute Gasteiger partial charge is 0.455 e. The Labute approximate surface area is 316 Å². The molecule has 0 fully saturated rings. The Morgan fingerprint density at radius 1 is 0.345 bits per heavy atom.